The van der Waals surface area contributed by atoms with Crippen LogP contribution in [0, 0.1) is 5.92 Å². The summed E-state index contributed by atoms with van der Waals surface area (Å²) in [5.41, 5.74) is 0.569. The van der Waals surface area contributed by atoms with Gasteiger partial charge >= 0.3 is 0 Å². The lowest BCUT2D eigenvalue weighted by molar-refractivity contribution is -0.123. The molecule has 0 aliphatic heterocycles. The van der Waals surface area contributed by atoms with E-state index in [0.29, 0.717) is 12.1 Å². The van der Waals surface area contributed by atoms with Crippen LogP contribution in [-0.2, 0) is 4.79 Å². The molecule has 20 heavy (non-hydrogen) atoms. The summed E-state index contributed by atoms with van der Waals surface area (Å²) in [4.78, 5) is 24.2. The molecule has 110 valence electrons. The number of amides is 2. The summed E-state index contributed by atoms with van der Waals surface area (Å²) in [6, 6.07) is 8.44. The number of hydrogen-bond acceptors (Lipinski definition) is 2. The first-order valence-corrected chi connectivity index (χ1v) is 7.19. The van der Waals surface area contributed by atoms with Gasteiger partial charge in [-0.25, -0.2) is 0 Å². The Balaban J connectivity index is 2.63. The summed E-state index contributed by atoms with van der Waals surface area (Å²) in [5.74, 6) is -0.281. The van der Waals surface area contributed by atoms with E-state index in [1.807, 2.05) is 19.9 Å². The number of unbranched alkanes of at least 4 members (excludes halogenated alkanes) is 1. The topological polar surface area (TPSA) is 58.2 Å². The molecule has 1 rings (SSSR count). The van der Waals surface area contributed by atoms with Crippen LogP contribution in [0.2, 0.25) is 0 Å². The zero-order valence-electron chi connectivity index (χ0n) is 12.5. The van der Waals surface area contributed by atoms with E-state index in [9.17, 15) is 9.59 Å². The molecule has 4 nitrogen and oxygen atoms in total. The lowest BCUT2D eigenvalue weighted by atomic mass is 10.0. The van der Waals surface area contributed by atoms with Crippen molar-refractivity contribution in [1.82, 2.24) is 10.6 Å². The first-order chi connectivity index (χ1) is 9.56. The Morgan fingerprint density at radius 1 is 1.15 bits per heavy atom. The molecule has 0 spiro atoms. The monoisotopic (exact) mass is 276 g/mol. The molecule has 1 aromatic rings. The second kappa shape index (κ2) is 8.35. The molecule has 0 fully saturated rings. The van der Waals surface area contributed by atoms with Crippen molar-refractivity contribution in [2.45, 2.75) is 39.7 Å². The third kappa shape index (κ3) is 5.03. The first kappa shape index (κ1) is 16.2. The average molecular weight is 276 g/mol. The van der Waals surface area contributed by atoms with Gasteiger partial charge in [0.15, 0.2) is 0 Å². The smallest absolute Gasteiger partial charge is 0.251 e. The second-order valence-corrected chi connectivity index (χ2v) is 5.21. The van der Waals surface area contributed by atoms with Gasteiger partial charge in [-0.2, -0.15) is 0 Å². The standard InChI is InChI=1S/C16H24N2O2/c1-4-5-11-17-16(20)14(12(2)3)18-15(19)13-9-7-6-8-10-13/h6-10,12,14H,4-5,11H2,1-3H3,(H,17,20)(H,18,19)/t14-/m1/s1. The van der Waals surface area contributed by atoms with Gasteiger partial charge < -0.3 is 10.6 Å². The van der Waals surface area contributed by atoms with Crippen molar-refractivity contribution in [1.29, 1.82) is 0 Å². The number of rotatable bonds is 7. The quantitative estimate of drug-likeness (QED) is 0.751. The molecular formula is C16H24N2O2. The molecule has 2 N–H and O–H groups in total. The molecule has 0 saturated heterocycles. The highest BCUT2D eigenvalue weighted by molar-refractivity contribution is 5.97. The molecule has 0 aliphatic rings. The van der Waals surface area contributed by atoms with Gasteiger partial charge in [-0.15, -0.1) is 0 Å². The van der Waals surface area contributed by atoms with Gasteiger partial charge in [0.2, 0.25) is 5.91 Å². The van der Waals surface area contributed by atoms with Crippen molar-refractivity contribution in [2.75, 3.05) is 6.54 Å². The maximum absolute atomic E-state index is 12.1. The van der Waals surface area contributed by atoms with Gasteiger partial charge in [-0.3, -0.25) is 9.59 Å². The van der Waals surface area contributed by atoms with E-state index >= 15 is 0 Å². The van der Waals surface area contributed by atoms with Crippen molar-refractivity contribution in [2.24, 2.45) is 5.92 Å². The van der Waals surface area contributed by atoms with E-state index < -0.39 is 6.04 Å². The Hall–Kier alpha value is -1.84. The number of benzene rings is 1. The highest BCUT2D eigenvalue weighted by Gasteiger charge is 2.24. The highest BCUT2D eigenvalue weighted by Crippen LogP contribution is 2.05. The van der Waals surface area contributed by atoms with Crippen molar-refractivity contribution in [3.05, 3.63) is 35.9 Å². The normalized spacial score (nSPS) is 12.0. The minimum atomic E-state index is -0.500. The van der Waals surface area contributed by atoms with E-state index in [0.717, 1.165) is 12.8 Å². The highest BCUT2D eigenvalue weighted by atomic mass is 16.2. The van der Waals surface area contributed by atoms with E-state index in [2.05, 4.69) is 17.6 Å². The molecule has 0 bridgehead atoms. The van der Waals surface area contributed by atoms with E-state index in [4.69, 9.17) is 0 Å². The van der Waals surface area contributed by atoms with Crippen LogP contribution < -0.4 is 10.6 Å². The van der Waals surface area contributed by atoms with Crippen molar-refractivity contribution in [3.8, 4) is 0 Å². The van der Waals surface area contributed by atoms with Crippen LogP contribution in [0.3, 0.4) is 0 Å². The first-order valence-electron chi connectivity index (χ1n) is 7.19. The SMILES string of the molecule is CCCCNC(=O)[C@H](NC(=O)c1ccccc1)C(C)C. The Kier molecular flexibility index (Phi) is 6.77. The minimum Gasteiger partial charge on any atom is -0.354 e. The summed E-state index contributed by atoms with van der Waals surface area (Å²) >= 11 is 0. The van der Waals surface area contributed by atoms with Gasteiger partial charge in [0.1, 0.15) is 6.04 Å². The predicted molar refractivity (Wildman–Crippen MR) is 80.5 cm³/mol. The number of nitrogens with one attached hydrogen (secondary N) is 2. The lowest BCUT2D eigenvalue weighted by Gasteiger charge is -2.21. The largest absolute Gasteiger partial charge is 0.354 e. The average Bonchev–Trinajstić information content (AvgIpc) is 2.45. The van der Waals surface area contributed by atoms with Crippen molar-refractivity contribution >= 4 is 11.8 Å². The zero-order valence-corrected chi connectivity index (χ0v) is 12.5. The summed E-state index contributed by atoms with van der Waals surface area (Å²) < 4.78 is 0. The molecule has 0 aromatic heterocycles. The molecule has 4 heteroatoms. The molecule has 0 unspecified atom stereocenters. The Morgan fingerprint density at radius 2 is 1.80 bits per heavy atom. The fraction of sp³-hybridized carbons (Fsp3) is 0.500. The molecule has 2 amide bonds. The lowest BCUT2D eigenvalue weighted by Crippen LogP contribution is -2.49. The number of carbonyl (C=O) groups is 2. The van der Waals surface area contributed by atoms with Gasteiger partial charge in [0.05, 0.1) is 0 Å². The fourth-order valence-corrected chi connectivity index (χ4v) is 1.85. The van der Waals surface area contributed by atoms with Gasteiger partial charge in [0, 0.05) is 12.1 Å². The molecular weight excluding hydrogens is 252 g/mol. The maximum atomic E-state index is 12.1. The summed E-state index contributed by atoms with van der Waals surface area (Å²) in [6.45, 7) is 6.58. The van der Waals surface area contributed by atoms with Crippen molar-refractivity contribution < 1.29 is 9.59 Å². The predicted octanol–water partition coefficient (Wildman–Crippen LogP) is 2.36. The van der Waals surface area contributed by atoms with Crippen LogP contribution >= 0.6 is 0 Å². The van der Waals surface area contributed by atoms with E-state index in [-0.39, 0.29) is 17.7 Å². The van der Waals surface area contributed by atoms with Crippen LogP contribution in [0.1, 0.15) is 44.0 Å². The summed E-state index contributed by atoms with van der Waals surface area (Å²) in [5, 5.41) is 5.68. The third-order valence-electron chi connectivity index (χ3n) is 3.10. The molecule has 0 aliphatic carbocycles. The van der Waals surface area contributed by atoms with Gasteiger partial charge in [-0.1, -0.05) is 45.4 Å². The van der Waals surface area contributed by atoms with Crippen LogP contribution in [0.4, 0.5) is 0 Å². The summed E-state index contributed by atoms with van der Waals surface area (Å²) in [6.07, 6.45) is 1.98. The minimum absolute atomic E-state index is 0.0456. The third-order valence-corrected chi connectivity index (χ3v) is 3.10. The second-order valence-electron chi connectivity index (χ2n) is 5.21. The molecule has 1 aromatic carbocycles. The Labute approximate surface area is 121 Å². The van der Waals surface area contributed by atoms with Gasteiger partial charge in [-0.05, 0) is 24.5 Å². The fourth-order valence-electron chi connectivity index (χ4n) is 1.85. The van der Waals surface area contributed by atoms with Gasteiger partial charge in [0.25, 0.3) is 5.91 Å². The maximum Gasteiger partial charge on any atom is 0.251 e. The van der Waals surface area contributed by atoms with Crippen molar-refractivity contribution in [3.63, 3.8) is 0 Å². The molecule has 0 heterocycles. The Bertz CT molecular complexity index is 429. The summed E-state index contributed by atoms with van der Waals surface area (Å²) in [7, 11) is 0. The van der Waals surface area contributed by atoms with E-state index in [1.54, 1.807) is 24.3 Å². The van der Waals surface area contributed by atoms with Crippen LogP contribution in [0.15, 0.2) is 30.3 Å². The molecule has 0 radical (unpaired) electrons. The molecule has 1 atom stereocenters. The van der Waals surface area contributed by atoms with Crippen LogP contribution in [0.5, 0.6) is 0 Å². The van der Waals surface area contributed by atoms with Crippen LogP contribution in [0.25, 0.3) is 0 Å². The van der Waals surface area contributed by atoms with Crippen LogP contribution in [-0.4, -0.2) is 24.4 Å². The molecule has 0 saturated carbocycles. The number of carbonyl (C=O) groups excluding carboxylic acids is 2. The van der Waals surface area contributed by atoms with E-state index in [1.165, 1.54) is 0 Å². The Morgan fingerprint density at radius 3 is 2.35 bits per heavy atom. The zero-order chi connectivity index (χ0) is 15.0. The number of hydrogen-bond donors (Lipinski definition) is 2.